The molecular formula is C15H19NO2. The summed E-state index contributed by atoms with van der Waals surface area (Å²) in [6.07, 6.45) is 3.80. The lowest BCUT2D eigenvalue weighted by Crippen LogP contribution is -2.05. The Morgan fingerprint density at radius 2 is 1.89 bits per heavy atom. The van der Waals surface area contributed by atoms with Crippen LogP contribution in [0, 0.1) is 0 Å². The molecule has 0 heterocycles. The second-order valence-corrected chi connectivity index (χ2v) is 4.10. The molecule has 0 aromatic heterocycles. The largest absolute Gasteiger partial charge is 0.463 e. The molecule has 0 saturated carbocycles. The summed E-state index contributed by atoms with van der Waals surface area (Å²) in [7, 11) is 0. The number of esters is 1. The van der Waals surface area contributed by atoms with Crippen LogP contribution in [-0.4, -0.2) is 12.6 Å². The zero-order valence-electron chi connectivity index (χ0n) is 11.1. The Bertz CT molecular complexity index is 470. The number of allylic oxidation sites excluding steroid dienone is 2. The molecule has 96 valence electrons. The Balaban J connectivity index is 2.80. The number of anilines is 1. The SMILES string of the molecule is CCOC(=O)C(C)=CC(C)=Cc1ccc(N)cc1. The molecule has 3 nitrogen and oxygen atoms in total. The molecular weight excluding hydrogens is 226 g/mol. The number of hydrogen-bond donors (Lipinski definition) is 1. The molecule has 1 aromatic carbocycles. The van der Waals surface area contributed by atoms with E-state index in [1.54, 1.807) is 13.8 Å². The van der Waals surface area contributed by atoms with Crippen molar-refractivity contribution in [2.45, 2.75) is 20.8 Å². The van der Waals surface area contributed by atoms with Gasteiger partial charge in [0.25, 0.3) is 0 Å². The molecule has 0 spiro atoms. The van der Waals surface area contributed by atoms with Crippen molar-refractivity contribution in [2.75, 3.05) is 12.3 Å². The molecule has 0 bridgehead atoms. The van der Waals surface area contributed by atoms with E-state index in [4.69, 9.17) is 10.5 Å². The van der Waals surface area contributed by atoms with Gasteiger partial charge in [0.2, 0.25) is 0 Å². The Morgan fingerprint density at radius 1 is 1.28 bits per heavy atom. The molecule has 1 aromatic rings. The molecule has 0 aliphatic carbocycles. The Morgan fingerprint density at radius 3 is 2.44 bits per heavy atom. The maximum absolute atomic E-state index is 11.4. The first-order valence-electron chi connectivity index (χ1n) is 5.92. The second-order valence-electron chi connectivity index (χ2n) is 4.10. The van der Waals surface area contributed by atoms with E-state index in [0.717, 1.165) is 16.8 Å². The number of rotatable bonds is 4. The van der Waals surface area contributed by atoms with Crippen molar-refractivity contribution in [2.24, 2.45) is 0 Å². The smallest absolute Gasteiger partial charge is 0.333 e. The van der Waals surface area contributed by atoms with Gasteiger partial charge in [-0.2, -0.15) is 0 Å². The van der Waals surface area contributed by atoms with Crippen LogP contribution in [-0.2, 0) is 9.53 Å². The van der Waals surface area contributed by atoms with E-state index in [0.29, 0.717) is 12.2 Å². The Labute approximate surface area is 108 Å². The van der Waals surface area contributed by atoms with Crippen LogP contribution in [0.3, 0.4) is 0 Å². The number of carbonyl (C=O) groups is 1. The van der Waals surface area contributed by atoms with Gasteiger partial charge in [-0.1, -0.05) is 23.8 Å². The minimum atomic E-state index is -0.275. The third-order valence-corrected chi connectivity index (χ3v) is 2.37. The van der Waals surface area contributed by atoms with E-state index in [9.17, 15) is 4.79 Å². The average Bonchev–Trinajstić information content (AvgIpc) is 2.32. The standard InChI is InChI=1S/C15H19NO2/c1-4-18-15(17)12(3)9-11(2)10-13-5-7-14(16)8-6-13/h5-10H,4,16H2,1-3H3. The normalized spacial score (nSPS) is 12.4. The van der Waals surface area contributed by atoms with Gasteiger partial charge in [0, 0.05) is 11.3 Å². The first kappa shape index (κ1) is 14.0. The van der Waals surface area contributed by atoms with Crippen LogP contribution in [0.25, 0.3) is 6.08 Å². The van der Waals surface area contributed by atoms with Crippen molar-refractivity contribution in [3.05, 3.63) is 47.1 Å². The van der Waals surface area contributed by atoms with Crippen LogP contribution in [0.15, 0.2) is 41.5 Å². The zero-order valence-corrected chi connectivity index (χ0v) is 11.1. The molecule has 0 fully saturated rings. The van der Waals surface area contributed by atoms with E-state index < -0.39 is 0 Å². The monoisotopic (exact) mass is 245 g/mol. The van der Waals surface area contributed by atoms with Gasteiger partial charge in [-0.15, -0.1) is 0 Å². The van der Waals surface area contributed by atoms with Gasteiger partial charge in [-0.05, 0) is 44.5 Å². The molecule has 18 heavy (non-hydrogen) atoms. The highest BCUT2D eigenvalue weighted by molar-refractivity contribution is 5.88. The summed E-state index contributed by atoms with van der Waals surface area (Å²) in [5.74, 6) is -0.275. The van der Waals surface area contributed by atoms with Gasteiger partial charge >= 0.3 is 5.97 Å². The fraction of sp³-hybridized carbons (Fsp3) is 0.267. The van der Waals surface area contributed by atoms with Crippen molar-refractivity contribution < 1.29 is 9.53 Å². The van der Waals surface area contributed by atoms with Gasteiger partial charge in [0.15, 0.2) is 0 Å². The molecule has 0 unspecified atom stereocenters. The zero-order chi connectivity index (χ0) is 13.5. The van der Waals surface area contributed by atoms with Gasteiger partial charge in [0.1, 0.15) is 0 Å². The van der Waals surface area contributed by atoms with Crippen LogP contribution < -0.4 is 5.73 Å². The van der Waals surface area contributed by atoms with Crippen molar-refractivity contribution in [1.29, 1.82) is 0 Å². The number of nitrogen functional groups attached to an aromatic ring is 1. The number of benzene rings is 1. The number of hydrogen-bond acceptors (Lipinski definition) is 3. The van der Waals surface area contributed by atoms with Crippen LogP contribution in [0.1, 0.15) is 26.3 Å². The first-order chi connectivity index (χ1) is 8.52. The fourth-order valence-electron chi connectivity index (χ4n) is 1.54. The van der Waals surface area contributed by atoms with Crippen molar-refractivity contribution in [3.63, 3.8) is 0 Å². The van der Waals surface area contributed by atoms with Crippen LogP contribution >= 0.6 is 0 Å². The summed E-state index contributed by atoms with van der Waals surface area (Å²) < 4.78 is 4.92. The Kier molecular flexibility index (Phi) is 5.18. The van der Waals surface area contributed by atoms with Crippen LogP contribution in [0.5, 0.6) is 0 Å². The van der Waals surface area contributed by atoms with Crippen LogP contribution in [0.2, 0.25) is 0 Å². The predicted molar refractivity (Wildman–Crippen MR) is 74.9 cm³/mol. The maximum Gasteiger partial charge on any atom is 0.333 e. The molecule has 3 heteroatoms. The van der Waals surface area contributed by atoms with Gasteiger partial charge < -0.3 is 10.5 Å². The molecule has 0 atom stereocenters. The maximum atomic E-state index is 11.4. The summed E-state index contributed by atoms with van der Waals surface area (Å²) in [6, 6.07) is 7.57. The summed E-state index contributed by atoms with van der Waals surface area (Å²) in [4.78, 5) is 11.4. The predicted octanol–water partition coefficient (Wildman–Crippen LogP) is 3.18. The lowest BCUT2D eigenvalue weighted by atomic mass is 10.1. The minimum Gasteiger partial charge on any atom is -0.463 e. The summed E-state index contributed by atoms with van der Waals surface area (Å²) >= 11 is 0. The summed E-state index contributed by atoms with van der Waals surface area (Å²) in [5, 5.41) is 0. The highest BCUT2D eigenvalue weighted by atomic mass is 16.5. The number of nitrogens with two attached hydrogens (primary N) is 1. The van der Waals surface area contributed by atoms with E-state index in [1.165, 1.54) is 0 Å². The highest BCUT2D eigenvalue weighted by Gasteiger charge is 2.03. The van der Waals surface area contributed by atoms with E-state index >= 15 is 0 Å². The summed E-state index contributed by atoms with van der Waals surface area (Å²) in [5.41, 5.74) is 9.00. The third-order valence-electron chi connectivity index (χ3n) is 2.37. The number of ether oxygens (including phenoxy) is 1. The van der Waals surface area contributed by atoms with Gasteiger partial charge in [0.05, 0.1) is 6.61 Å². The minimum absolute atomic E-state index is 0.275. The summed E-state index contributed by atoms with van der Waals surface area (Å²) in [6.45, 7) is 5.88. The number of carbonyl (C=O) groups excluding carboxylic acids is 1. The Hall–Kier alpha value is -2.03. The lowest BCUT2D eigenvalue weighted by Gasteiger charge is -2.02. The van der Waals surface area contributed by atoms with Crippen molar-refractivity contribution >= 4 is 17.7 Å². The topological polar surface area (TPSA) is 52.3 Å². The molecule has 0 aliphatic heterocycles. The van der Waals surface area contributed by atoms with Crippen molar-refractivity contribution in [1.82, 2.24) is 0 Å². The van der Waals surface area contributed by atoms with E-state index in [-0.39, 0.29) is 5.97 Å². The van der Waals surface area contributed by atoms with Gasteiger partial charge in [-0.25, -0.2) is 4.79 Å². The quantitative estimate of drug-likeness (QED) is 0.383. The highest BCUT2D eigenvalue weighted by Crippen LogP contribution is 2.12. The molecule has 0 saturated heterocycles. The second kappa shape index (κ2) is 6.64. The third kappa shape index (κ3) is 4.45. The molecule has 1 rings (SSSR count). The first-order valence-corrected chi connectivity index (χ1v) is 5.92. The van der Waals surface area contributed by atoms with Crippen molar-refractivity contribution in [3.8, 4) is 0 Å². The van der Waals surface area contributed by atoms with E-state index in [1.807, 2.05) is 43.3 Å². The molecule has 0 aliphatic rings. The molecule has 2 N–H and O–H groups in total. The fourth-order valence-corrected chi connectivity index (χ4v) is 1.54. The van der Waals surface area contributed by atoms with E-state index in [2.05, 4.69) is 0 Å². The average molecular weight is 245 g/mol. The molecule has 0 amide bonds. The van der Waals surface area contributed by atoms with Crippen LogP contribution in [0.4, 0.5) is 5.69 Å². The lowest BCUT2D eigenvalue weighted by molar-refractivity contribution is -0.138. The van der Waals surface area contributed by atoms with Gasteiger partial charge in [-0.3, -0.25) is 0 Å². The molecule has 0 radical (unpaired) electrons.